The van der Waals surface area contributed by atoms with Gasteiger partial charge >= 0.3 is 0 Å². The van der Waals surface area contributed by atoms with E-state index in [1.165, 1.54) is 11.1 Å². The van der Waals surface area contributed by atoms with E-state index in [1.54, 1.807) is 12.3 Å². The number of pyridine rings is 1. The van der Waals surface area contributed by atoms with Gasteiger partial charge in [-0.15, -0.1) is 0 Å². The first-order chi connectivity index (χ1) is 12.8. The van der Waals surface area contributed by atoms with Crippen LogP contribution in [0.2, 0.25) is 0 Å². The second-order valence-electron chi connectivity index (χ2n) is 6.78. The van der Waals surface area contributed by atoms with Crippen molar-refractivity contribution in [3.8, 4) is 0 Å². The van der Waals surface area contributed by atoms with Crippen molar-refractivity contribution >= 4 is 5.91 Å². The number of aromatic amines is 1. The van der Waals surface area contributed by atoms with Crippen LogP contribution in [0.3, 0.4) is 0 Å². The van der Waals surface area contributed by atoms with Gasteiger partial charge in [-0.2, -0.15) is 5.10 Å². The molecule has 1 N–H and O–H groups in total. The minimum Gasteiger partial charge on any atom is -0.337 e. The second kappa shape index (κ2) is 7.52. The predicted octanol–water partition coefficient (Wildman–Crippen LogP) is 3.42. The van der Waals surface area contributed by atoms with Crippen molar-refractivity contribution in [1.82, 2.24) is 20.1 Å². The summed E-state index contributed by atoms with van der Waals surface area (Å²) in [6, 6.07) is 15.9. The number of carbonyl (C=O) groups excluding carboxylic acids is 1. The van der Waals surface area contributed by atoms with Crippen LogP contribution in [0.25, 0.3) is 0 Å². The minimum atomic E-state index is 0.0134. The number of nitrogens with one attached hydrogen (secondary N) is 1. The molecule has 3 aromatic rings. The van der Waals surface area contributed by atoms with E-state index in [4.69, 9.17) is 0 Å². The van der Waals surface area contributed by atoms with E-state index in [1.807, 2.05) is 29.3 Å². The van der Waals surface area contributed by atoms with Gasteiger partial charge in [-0.3, -0.25) is 14.9 Å². The van der Waals surface area contributed by atoms with E-state index in [-0.39, 0.29) is 11.8 Å². The average Bonchev–Trinajstić information content (AvgIpc) is 3.17. The Hall–Kier alpha value is -2.95. The molecule has 1 saturated heterocycles. The summed E-state index contributed by atoms with van der Waals surface area (Å²) in [4.78, 5) is 18.9. The summed E-state index contributed by atoms with van der Waals surface area (Å²) in [6.07, 6.45) is 6.50. The largest absolute Gasteiger partial charge is 0.337 e. The van der Waals surface area contributed by atoms with Gasteiger partial charge in [0.1, 0.15) is 5.69 Å². The number of hydrogen-bond acceptors (Lipinski definition) is 3. The number of piperidine rings is 1. The Morgan fingerprint density at radius 3 is 2.81 bits per heavy atom. The zero-order chi connectivity index (χ0) is 17.8. The third-order valence-electron chi connectivity index (χ3n) is 4.99. The first-order valence-electron chi connectivity index (χ1n) is 9.07. The SMILES string of the molecule is O=C(c1ccccn1)N1CCC[C@H](c2[nH]ncc2Cc2ccccc2)C1. The Labute approximate surface area is 153 Å². The molecule has 0 saturated carbocycles. The van der Waals surface area contributed by atoms with Crippen molar-refractivity contribution in [2.45, 2.75) is 25.2 Å². The molecule has 1 atom stereocenters. The van der Waals surface area contributed by atoms with Crippen molar-refractivity contribution in [3.63, 3.8) is 0 Å². The standard InChI is InChI=1S/C21H22N4O/c26-21(19-10-4-5-11-22-19)25-12-6-9-17(15-25)20-18(14-23-24-20)13-16-7-2-1-3-8-16/h1-5,7-8,10-11,14,17H,6,9,12-13,15H2,(H,23,24)/t17-/m0/s1. The second-order valence-corrected chi connectivity index (χ2v) is 6.78. The molecule has 5 nitrogen and oxygen atoms in total. The summed E-state index contributed by atoms with van der Waals surface area (Å²) >= 11 is 0. The molecule has 2 aromatic heterocycles. The predicted molar refractivity (Wildman–Crippen MR) is 100.0 cm³/mol. The number of aromatic nitrogens is 3. The topological polar surface area (TPSA) is 61.9 Å². The highest BCUT2D eigenvalue weighted by atomic mass is 16.2. The Kier molecular flexibility index (Phi) is 4.78. The Morgan fingerprint density at radius 2 is 2.00 bits per heavy atom. The highest BCUT2D eigenvalue weighted by Crippen LogP contribution is 2.29. The Morgan fingerprint density at radius 1 is 1.15 bits per heavy atom. The summed E-state index contributed by atoms with van der Waals surface area (Å²) < 4.78 is 0. The van der Waals surface area contributed by atoms with Gasteiger partial charge < -0.3 is 4.90 Å². The molecule has 1 aliphatic heterocycles. The zero-order valence-electron chi connectivity index (χ0n) is 14.6. The van der Waals surface area contributed by atoms with Crippen molar-refractivity contribution in [3.05, 3.63) is 83.4 Å². The van der Waals surface area contributed by atoms with Crippen LogP contribution in [0.15, 0.2) is 60.9 Å². The minimum absolute atomic E-state index is 0.0134. The van der Waals surface area contributed by atoms with Gasteiger partial charge in [0, 0.05) is 37.3 Å². The molecule has 0 bridgehead atoms. The monoisotopic (exact) mass is 346 g/mol. The summed E-state index contributed by atoms with van der Waals surface area (Å²) in [5, 5.41) is 7.47. The highest BCUT2D eigenvalue weighted by Gasteiger charge is 2.28. The summed E-state index contributed by atoms with van der Waals surface area (Å²) in [6.45, 7) is 1.49. The maximum absolute atomic E-state index is 12.7. The smallest absolute Gasteiger partial charge is 0.272 e. The van der Waals surface area contributed by atoms with E-state index in [0.717, 1.165) is 31.5 Å². The number of hydrogen-bond donors (Lipinski definition) is 1. The molecular weight excluding hydrogens is 324 g/mol. The molecule has 132 valence electrons. The Balaban J connectivity index is 1.50. The van der Waals surface area contributed by atoms with E-state index in [0.29, 0.717) is 12.2 Å². The number of rotatable bonds is 4. The van der Waals surface area contributed by atoms with Gasteiger partial charge in [-0.25, -0.2) is 0 Å². The molecule has 1 aromatic carbocycles. The summed E-state index contributed by atoms with van der Waals surface area (Å²) in [5.41, 5.74) is 4.16. The summed E-state index contributed by atoms with van der Waals surface area (Å²) in [5.74, 6) is 0.303. The van der Waals surface area contributed by atoms with E-state index in [9.17, 15) is 4.79 Å². The van der Waals surface area contributed by atoms with Gasteiger partial charge in [0.2, 0.25) is 0 Å². The number of benzene rings is 1. The molecule has 0 unspecified atom stereocenters. The van der Waals surface area contributed by atoms with Crippen molar-refractivity contribution in [1.29, 1.82) is 0 Å². The lowest BCUT2D eigenvalue weighted by Crippen LogP contribution is -2.39. The normalized spacial score (nSPS) is 17.2. The molecule has 0 radical (unpaired) electrons. The maximum Gasteiger partial charge on any atom is 0.272 e. The van der Waals surface area contributed by atoms with E-state index >= 15 is 0 Å². The Bertz CT molecular complexity index is 860. The van der Waals surface area contributed by atoms with Crippen molar-refractivity contribution in [2.24, 2.45) is 0 Å². The van der Waals surface area contributed by atoms with Crippen LogP contribution in [0.1, 0.15) is 46.1 Å². The maximum atomic E-state index is 12.7. The van der Waals surface area contributed by atoms with Gasteiger partial charge in [0.25, 0.3) is 5.91 Å². The van der Waals surface area contributed by atoms with Gasteiger partial charge in [-0.05, 0) is 36.1 Å². The van der Waals surface area contributed by atoms with Crippen LogP contribution in [-0.2, 0) is 6.42 Å². The quantitative estimate of drug-likeness (QED) is 0.787. The zero-order valence-corrected chi connectivity index (χ0v) is 14.6. The van der Waals surface area contributed by atoms with E-state index < -0.39 is 0 Å². The first kappa shape index (κ1) is 16.5. The number of H-pyrrole nitrogens is 1. The van der Waals surface area contributed by atoms with Crippen LogP contribution < -0.4 is 0 Å². The molecule has 4 rings (SSSR count). The molecule has 26 heavy (non-hydrogen) atoms. The highest BCUT2D eigenvalue weighted by molar-refractivity contribution is 5.92. The van der Waals surface area contributed by atoms with Gasteiger partial charge in [-0.1, -0.05) is 36.4 Å². The number of amides is 1. The third kappa shape index (κ3) is 3.52. The fourth-order valence-corrected chi connectivity index (χ4v) is 3.68. The van der Waals surface area contributed by atoms with E-state index in [2.05, 4.69) is 39.4 Å². The lowest BCUT2D eigenvalue weighted by molar-refractivity contribution is 0.0699. The van der Waals surface area contributed by atoms with Crippen LogP contribution in [0, 0.1) is 0 Å². The van der Waals surface area contributed by atoms with Crippen molar-refractivity contribution in [2.75, 3.05) is 13.1 Å². The van der Waals surface area contributed by atoms with Crippen LogP contribution >= 0.6 is 0 Å². The molecule has 1 aliphatic rings. The van der Waals surface area contributed by atoms with Gasteiger partial charge in [0.05, 0.1) is 6.20 Å². The fourth-order valence-electron chi connectivity index (χ4n) is 3.68. The molecule has 3 heterocycles. The molecule has 5 heteroatoms. The molecular formula is C21H22N4O. The fraction of sp³-hybridized carbons (Fsp3) is 0.286. The third-order valence-corrected chi connectivity index (χ3v) is 4.99. The van der Waals surface area contributed by atoms with Crippen LogP contribution in [-0.4, -0.2) is 39.1 Å². The molecule has 0 aliphatic carbocycles. The first-order valence-corrected chi connectivity index (χ1v) is 9.07. The lowest BCUT2D eigenvalue weighted by atomic mass is 9.90. The van der Waals surface area contributed by atoms with Crippen molar-refractivity contribution < 1.29 is 4.79 Å². The lowest BCUT2D eigenvalue weighted by Gasteiger charge is -2.32. The number of carbonyl (C=O) groups is 1. The molecule has 1 fully saturated rings. The number of likely N-dealkylation sites (tertiary alicyclic amines) is 1. The van der Waals surface area contributed by atoms with Crippen LogP contribution in [0.5, 0.6) is 0 Å². The number of nitrogens with zero attached hydrogens (tertiary/aromatic N) is 3. The molecule has 0 spiro atoms. The average molecular weight is 346 g/mol. The van der Waals surface area contributed by atoms with Gasteiger partial charge in [0.15, 0.2) is 0 Å². The molecule has 1 amide bonds. The summed E-state index contributed by atoms with van der Waals surface area (Å²) in [7, 11) is 0. The van der Waals surface area contributed by atoms with Crippen LogP contribution in [0.4, 0.5) is 0 Å².